The van der Waals surface area contributed by atoms with E-state index in [0.29, 0.717) is 18.4 Å². The number of carboxylic acid groups (broad SMARTS) is 1. The van der Waals surface area contributed by atoms with Crippen molar-refractivity contribution in [2.45, 2.75) is 87.8 Å². The third kappa shape index (κ3) is 6.15. The zero-order valence-electron chi connectivity index (χ0n) is 21.0. The molecule has 0 saturated carbocycles. The van der Waals surface area contributed by atoms with Gasteiger partial charge >= 0.3 is 12.0 Å². The first-order chi connectivity index (χ1) is 16.0. The number of fused-ring (bicyclic) bond motifs is 1. The normalized spacial score (nSPS) is 16.4. The van der Waals surface area contributed by atoms with Gasteiger partial charge in [0.05, 0.1) is 0 Å². The van der Waals surface area contributed by atoms with Crippen LogP contribution in [0.2, 0.25) is 0 Å². The summed E-state index contributed by atoms with van der Waals surface area (Å²) in [5.74, 6) is 0.0609. The van der Waals surface area contributed by atoms with Gasteiger partial charge < -0.3 is 15.7 Å². The van der Waals surface area contributed by atoms with Crippen molar-refractivity contribution in [2.75, 3.05) is 6.54 Å². The van der Waals surface area contributed by atoms with Gasteiger partial charge in [0.1, 0.15) is 4.75 Å². The fraction of sp³-hybridized carbons (Fsp3) is 0.500. The van der Waals surface area contributed by atoms with Crippen molar-refractivity contribution >= 4 is 23.8 Å². The number of urea groups is 1. The maximum atomic E-state index is 12.4. The smallest absolute Gasteiger partial charge is 0.319 e. The van der Waals surface area contributed by atoms with Gasteiger partial charge in [0.2, 0.25) is 0 Å². The lowest BCUT2D eigenvalue weighted by Crippen LogP contribution is -2.45. The number of nitrogens with two attached hydrogens (primary N) is 1. The second-order valence-electron chi connectivity index (χ2n) is 10.2. The first kappa shape index (κ1) is 26.1. The Bertz CT molecular complexity index is 1020. The van der Waals surface area contributed by atoms with Crippen LogP contribution in [0.25, 0.3) is 0 Å². The number of benzene rings is 2. The van der Waals surface area contributed by atoms with E-state index in [4.69, 9.17) is 5.73 Å². The van der Waals surface area contributed by atoms with E-state index in [2.05, 4.69) is 57.2 Å². The predicted octanol–water partition coefficient (Wildman–Crippen LogP) is 6.20. The third-order valence-electron chi connectivity index (χ3n) is 6.99. The van der Waals surface area contributed by atoms with Gasteiger partial charge in [-0.1, -0.05) is 51.1 Å². The highest BCUT2D eigenvalue weighted by atomic mass is 32.2. The standard InChI is InChI=1S/C28H38N2O3S/c1-6-19(21-9-7-20(8-10-21)18(2)3)13-14-30(27(29)33)24-15-22-11-12-25(17-23(22)16-24)34-28(4,5)26(31)32/h7-12,17-19,24H,6,13-16H2,1-5H3,(H2,29,33)(H,31,32). The van der Waals surface area contributed by atoms with Crippen molar-refractivity contribution < 1.29 is 14.7 Å². The number of carbonyl (C=O) groups is 2. The second-order valence-corrected chi connectivity index (χ2v) is 11.9. The fourth-order valence-electron chi connectivity index (χ4n) is 4.72. The number of hydrogen-bond acceptors (Lipinski definition) is 3. The quantitative estimate of drug-likeness (QED) is 0.395. The molecule has 0 saturated heterocycles. The number of carbonyl (C=O) groups excluding carboxylic acids is 1. The molecule has 0 aromatic heterocycles. The zero-order valence-corrected chi connectivity index (χ0v) is 21.8. The van der Waals surface area contributed by atoms with Crippen LogP contribution in [0.15, 0.2) is 47.4 Å². The lowest BCUT2D eigenvalue weighted by atomic mass is 9.91. The van der Waals surface area contributed by atoms with Gasteiger partial charge in [-0.05, 0) is 85.8 Å². The molecule has 0 spiro atoms. The van der Waals surface area contributed by atoms with E-state index < -0.39 is 10.7 Å². The molecule has 6 heteroatoms. The minimum atomic E-state index is -0.895. The minimum Gasteiger partial charge on any atom is -0.480 e. The van der Waals surface area contributed by atoms with E-state index in [0.717, 1.165) is 30.6 Å². The summed E-state index contributed by atoms with van der Waals surface area (Å²) in [5, 5.41) is 9.44. The van der Waals surface area contributed by atoms with Crippen molar-refractivity contribution in [2.24, 2.45) is 5.73 Å². The van der Waals surface area contributed by atoms with Crippen LogP contribution in [-0.4, -0.2) is 39.3 Å². The largest absolute Gasteiger partial charge is 0.480 e. The van der Waals surface area contributed by atoms with Gasteiger partial charge in [0.15, 0.2) is 0 Å². The summed E-state index contributed by atoms with van der Waals surface area (Å²) in [5.41, 5.74) is 10.9. The van der Waals surface area contributed by atoms with Crippen LogP contribution < -0.4 is 5.73 Å². The topological polar surface area (TPSA) is 83.6 Å². The molecule has 3 N–H and O–H groups in total. The molecular weight excluding hydrogens is 444 g/mol. The number of hydrogen-bond donors (Lipinski definition) is 2. The maximum Gasteiger partial charge on any atom is 0.319 e. The van der Waals surface area contributed by atoms with Crippen LogP contribution in [0.4, 0.5) is 4.79 Å². The van der Waals surface area contributed by atoms with Crippen molar-refractivity contribution in [3.8, 4) is 0 Å². The minimum absolute atomic E-state index is 0.0426. The number of thioether (sulfide) groups is 1. The van der Waals surface area contributed by atoms with E-state index >= 15 is 0 Å². The first-order valence-corrected chi connectivity index (χ1v) is 13.0. The number of primary amides is 1. The molecule has 1 aliphatic rings. The summed E-state index contributed by atoms with van der Waals surface area (Å²) in [4.78, 5) is 26.7. The fourth-order valence-corrected chi connectivity index (χ4v) is 5.73. The van der Waals surface area contributed by atoms with Crippen molar-refractivity contribution in [1.82, 2.24) is 4.90 Å². The summed E-state index contributed by atoms with van der Waals surface area (Å²) in [7, 11) is 0. The Hall–Kier alpha value is -2.47. The molecule has 0 radical (unpaired) electrons. The molecule has 0 aliphatic heterocycles. The van der Waals surface area contributed by atoms with Gasteiger partial charge in [-0.15, -0.1) is 11.8 Å². The lowest BCUT2D eigenvalue weighted by molar-refractivity contribution is -0.138. The van der Waals surface area contributed by atoms with Crippen molar-refractivity contribution in [1.29, 1.82) is 0 Å². The number of carboxylic acids is 1. The number of amides is 2. The molecule has 0 heterocycles. The van der Waals surface area contributed by atoms with E-state index in [1.54, 1.807) is 13.8 Å². The van der Waals surface area contributed by atoms with Crippen LogP contribution in [0.1, 0.15) is 81.5 Å². The van der Waals surface area contributed by atoms with Crippen molar-refractivity contribution in [3.05, 3.63) is 64.7 Å². The van der Waals surface area contributed by atoms with Crippen LogP contribution in [-0.2, 0) is 17.6 Å². The van der Waals surface area contributed by atoms with Crippen LogP contribution in [0, 0.1) is 0 Å². The van der Waals surface area contributed by atoms with E-state index in [1.807, 2.05) is 11.0 Å². The van der Waals surface area contributed by atoms with Crippen LogP contribution >= 0.6 is 11.8 Å². The van der Waals surface area contributed by atoms with Gasteiger partial charge in [0.25, 0.3) is 0 Å². The summed E-state index contributed by atoms with van der Waals surface area (Å²) in [6, 6.07) is 14.7. The highest BCUT2D eigenvalue weighted by Crippen LogP contribution is 2.36. The molecule has 0 fully saturated rings. The summed E-state index contributed by atoms with van der Waals surface area (Å²) in [6.45, 7) is 10.7. The molecule has 2 aromatic rings. The molecule has 1 aliphatic carbocycles. The average Bonchev–Trinajstić information content (AvgIpc) is 3.19. The molecule has 0 bridgehead atoms. The highest BCUT2D eigenvalue weighted by Gasteiger charge is 2.32. The van der Waals surface area contributed by atoms with E-state index in [9.17, 15) is 14.7 Å². The Balaban J connectivity index is 1.67. The van der Waals surface area contributed by atoms with Gasteiger partial charge in [0, 0.05) is 17.5 Å². The monoisotopic (exact) mass is 482 g/mol. The second kappa shape index (κ2) is 10.9. The lowest BCUT2D eigenvalue weighted by Gasteiger charge is -2.29. The molecule has 5 nitrogen and oxygen atoms in total. The number of aliphatic carboxylic acids is 1. The Morgan fingerprint density at radius 1 is 1.09 bits per heavy atom. The van der Waals surface area contributed by atoms with Gasteiger partial charge in [-0.25, -0.2) is 4.79 Å². The van der Waals surface area contributed by atoms with E-state index in [-0.39, 0.29) is 12.1 Å². The maximum absolute atomic E-state index is 12.4. The molecule has 2 atom stereocenters. The molecule has 3 rings (SSSR count). The number of rotatable bonds is 10. The Morgan fingerprint density at radius 2 is 1.71 bits per heavy atom. The third-order valence-corrected chi connectivity index (χ3v) is 8.16. The molecule has 2 amide bonds. The van der Waals surface area contributed by atoms with Crippen molar-refractivity contribution in [3.63, 3.8) is 0 Å². The Morgan fingerprint density at radius 3 is 2.26 bits per heavy atom. The predicted molar refractivity (Wildman–Crippen MR) is 140 cm³/mol. The molecule has 2 unspecified atom stereocenters. The average molecular weight is 483 g/mol. The van der Waals surface area contributed by atoms with Crippen LogP contribution in [0.3, 0.4) is 0 Å². The van der Waals surface area contributed by atoms with Crippen LogP contribution in [0.5, 0.6) is 0 Å². The number of nitrogens with zero attached hydrogens (tertiary/aromatic N) is 1. The van der Waals surface area contributed by atoms with E-state index in [1.165, 1.54) is 34.0 Å². The Labute approximate surface area is 208 Å². The molecule has 34 heavy (non-hydrogen) atoms. The molecule has 184 valence electrons. The summed E-state index contributed by atoms with van der Waals surface area (Å²) in [6.07, 6.45) is 3.42. The van der Waals surface area contributed by atoms with Gasteiger partial charge in [-0.3, -0.25) is 4.79 Å². The summed E-state index contributed by atoms with van der Waals surface area (Å²) < 4.78 is -0.895. The zero-order chi connectivity index (χ0) is 25.0. The highest BCUT2D eigenvalue weighted by molar-refractivity contribution is 8.01. The van der Waals surface area contributed by atoms with Gasteiger partial charge in [-0.2, -0.15) is 0 Å². The Kier molecular flexibility index (Phi) is 8.34. The summed E-state index contributed by atoms with van der Waals surface area (Å²) >= 11 is 1.35. The molecule has 2 aromatic carbocycles. The SMILES string of the molecule is CCC(CCN(C(N)=O)C1Cc2ccc(SC(C)(C)C(=O)O)cc2C1)c1ccc(C(C)C)cc1. The first-order valence-electron chi connectivity index (χ1n) is 12.2. The molecular formula is C28H38N2O3S.